The number of guanidine groups is 1. The SMILES string of the molecule is COCc1ccccc1NC(N)=NCc1cc(C)cc2c(C)c(C)[nH]c12. The van der Waals surface area contributed by atoms with Crippen molar-refractivity contribution in [1.82, 2.24) is 4.98 Å². The largest absolute Gasteiger partial charge is 0.380 e. The molecule has 26 heavy (non-hydrogen) atoms. The standard InChI is InChI=1S/C21H26N4O/c1-13-9-17(20-18(10-13)14(2)15(3)24-20)11-23-21(22)25-19-8-6-5-7-16(19)12-26-4/h5-10,24H,11-12H2,1-4H3,(H3,22,23,25). The zero-order valence-electron chi connectivity index (χ0n) is 15.8. The lowest BCUT2D eigenvalue weighted by atomic mass is 10.0. The number of nitrogens with one attached hydrogen (secondary N) is 2. The highest BCUT2D eigenvalue weighted by Gasteiger charge is 2.09. The molecule has 0 radical (unpaired) electrons. The number of aliphatic imine (C=N–C) groups is 1. The third-order valence-corrected chi connectivity index (χ3v) is 4.64. The summed E-state index contributed by atoms with van der Waals surface area (Å²) in [5, 5.41) is 4.44. The van der Waals surface area contributed by atoms with Gasteiger partial charge in [0.1, 0.15) is 0 Å². The van der Waals surface area contributed by atoms with Gasteiger partial charge >= 0.3 is 0 Å². The van der Waals surface area contributed by atoms with E-state index in [0.717, 1.165) is 22.3 Å². The van der Waals surface area contributed by atoms with E-state index >= 15 is 0 Å². The monoisotopic (exact) mass is 350 g/mol. The Morgan fingerprint density at radius 1 is 1.15 bits per heavy atom. The van der Waals surface area contributed by atoms with Crippen LogP contribution in [-0.4, -0.2) is 18.1 Å². The summed E-state index contributed by atoms with van der Waals surface area (Å²) in [6.07, 6.45) is 0. The van der Waals surface area contributed by atoms with Crippen LogP contribution in [0.4, 0.5) is 5.69 Å². The van der Waals surface area contributed by atoms with Crippen molar-refractivity contribution < 1.29 is 4.74 Å². The summed E-state index contributed by atoms with van der Waals surface area (Å²) in [6.45, 7) is 7.39. The topological polar surface area (TPSA) is 75.4 Å². The van der Waals surface area contributed by atoms with Gasteiger partial charge in [-0.3, -0.25) is 0 Å². The molecule has 0 bridgehead atoms. The van der Waals surface area contributed by atoms with Crippen LogP contribution in [0, 0.1) is 20.8 Å². The van der Waals surface area contributed by atoms with Crippen LogP contribution in [0.3, 0.4) is 0 Å². The predicted molar refractivity (Wildman–Crippen MR) is 109 cm³/mol. The average Bonchev–Trinajstić information content (AvgIpc) is 2.90. The van der Waals surface area contributed by atoms with E-state index in [0.29, 0.717) is 19.1 Å². The van der Waals surface area contributed by atoms with E-state index < -0.39 is 0 Å². The van der Waals surface area contributed by atoms with Crippen molar-refractivity contribution in [1.29, 1.82) is 0 Å². The molecule has 3 rings (SSSR count). The Morgan fingerprint density at radius 3 is 2.69 bits per heavy atom. The number of benzene rings is 2. The maximum absolute atomic E-state index is 6.12. The Labute approximate surface area is 154 Å². The van der Waals surface area contributed by atoms with Crippen molar-refractivity contribution in [3.8, 4) is 0 Å². The molecule has 0 aliphatic heterocycles. The number of hydrogen-bond acceptors (Lipinski definition) is 2. The molecule has 0 aliphatic carbocycles. The number of fused-ring (bicyclic) bond motifs is 1. The van der Waals surface area contributed by atoms with Gasteiger partial charge < -0.3 is 20.8 Å². The van der Waals surface area contributed by atoms with Gasteiger partial charge in [0.05, 0.1) is 18.7 Å². The summed E-state index contributed by atoms with van der Waals surface area (Å²) in [5.74, 6) is 0.392. The smallest absolute Gasteiger partial charge is 0.193 e. The first-order valence-electron chi connectivity index (χ1n) is 8.71. The molecule has 0 saturated heterocycles. The molecule has 0 atom stereocenters. The van der Waals surface area contributed by atoms with Crippen LogP contribution >= 0.6 is 0 Å². The number of para-hydroxylation sites is 1. The molecule has 0 spiro atoms. The quantitative estimate of drug-likeness (QED) is 0.477. The number of methoxy groups -OCH3 is 1. The van der Waals surface area contributed by atoms with Gasteiger partial charge in [0.2, 0.25) is 0 Å². The van der Waals surface area contributed by atoms with Crippen molar-refractivity contribution in [2.75, 3.05) is 12.4 Å². The Hall–Kier alpha value is -2.79. The summed E-state index contributed by atoms with van der Waals surface area (Å²) in [4.78, 5) is 8.02. The van der Waals surface area contributed by atoms with Crippen LogP contribution in [0.15, 0.2) is 41.4 Å². The minimum atomic E-state index is 0.392. The van der Waals surface area contributed by atoms with E-state index in [1.165, 1.54) is 22.2 Å². The normalized spacial score (nSPS) is 11.9. The van der Waals surface area contributed by atoms with E-state index in [9.17, 15) is 0 Å². The highest BCUT2D eigenvalue weighted by atomic mass is 16.5. The Morgan fingerprint density at radius 2 is 1.92 bits per heavy atom. The summed E-state index contributed by atoms with van der Waals surface area (Å²) >= 11 is 0. The highest BCUT2D eigenvalue weighted by Crippen LogP contribution is 2.26. The van der Waals surface area contributed by atoms with Crippen LogP contribution in [0.5, 0.6) is 0 Å². The average molecular weight is 350 g/mol. The van der Waals surface area contributed by atoms with Crippen molar-refractivity contribution in [2.45, 2.75) is 33.9 Å². The van der Waals surface area contributed by atoms with Crippen LogP contribution in [0.2, 0.25) is 0 Å². The minimum Gasteiger partial charge on any atom is -0.380 e. The van der Waals surface area contributed by atoms with Crippen molar-refractivity contribution >= 4 is 22.5 Å². The number of rotatable bonds is 5. The minimum absolute atomic E-state index is 0.392. The molecule has 0 saturated carbocycles. The molecule has 0 unspecified atom stereocenters. The molecule has 0 aliphatic rings. The van der Waals surface area contributed by atoms with E-state index in [1.807, 2.05) is 24.3 Å². The fourth-order valence-corrected chi connectivity index (χ4v) is 3.18. The second-order valence-corrected chi connectivity index (χ2v) is 6.64. The number of aromatic nitrogens is 1. The number of nitrogens with zero attached hydrogens (tertiary/aromatic N) is 1. The molecule has 0 amide bonds. The summed E-state index contributed by atoms with van der Waals surface area (Å²) in [5.41, 5.74) is 14.1. The molecule has 2 aromatic carbocycles. The zero-order chi connectivity index (χ0) is 18.7. The molecular formula is C21H26N4O. The fourth-order valence-electron chi connectivity index (χ4n) is 3.18. The first-order valence-corrected chi connectivity index (χ1v) is 8.71. The van der Waals surface area contributed by atoms with Gasteiger partial charge in [-0.1, -0.05) is 29.8 Å². The van der Waals surface area contributed by atoms with E-state index in [1.54, 1.807) is 7.11 Å². The van der Waals surface area contributed by atoms with Gasteiger partial charge in [0.15, 0.2) is 5.96 Å². The molecule has 4 N–H and O–H groups in total. The van der Waals surface area contributed by atoms with Crippen LogP contribution < -0.4 is 11.1 Å². The maximum Gasteiger partial charge on any atom is 0.193 e. The van der Waals surface area contributed by atoms with Gasteiger partial charge in [0.25, 0.3) is 0 Å². The van der Waals surface area contributed by atoms with E-state index in [2.05, 4.69) is 48.2 Å². The maximum atomic E-state index is 6.12. The molecule has 1 aromatic heterocycles. The third kappa shape index (κ3) is 3.73. The molecule has 5 nitrogen and oxygen atoms in total. The Kier molecular flexibility index (Phi) is 5.28. The van der Waals surface area contributed by atoms with Gasteiger partial charge in [-0.05, 0) is 44.0 Å². The van der Waals surface area contributed by atoms with Gasteiger partial charge in [-0.25, -0.2) is 4.99 Å². The highest BCUT2D eigenvalue weighted by molar-refractivity contribution is 5.93. The number of aryl methyl sites for hydroxylation is 3. The van der Waals surface area contributed by atoms with Crippen molar-refractivity contribution in [3.05, 3.63) is 64.3 Å². The predicted octanol–water partition coefficient (Wildman–Crippen LogP) is 4.17. The lowest BCUT2D eigenvalue weighted by Crippen LogP contribution is -2.23. The molecule has 0 fully saturated rings. The van der Waals surface area contributed by atoms with Crippen molar-refractivity contribution in [3.63, 3.8) is 0 Å². The molecule has 3 aromatic rings. The molecular weight excluding hydrogens is 324 g/mol. The summed E-state index contributed by atoms with van der Waals surface area (Å²) in [6, 6.07) is 12.3. The molecule has 1 heterocycles. The second kappa shape index (κ2) is 7.62. The van der Waals surface area contributed by atoms with Crippen LogP contribution in [0.1, 0.15) is 27.9 Å². The lowest BCUT2D eigenvalue weighted by molar-refractivity contribution is 0.185. The second-order valence-electron chi connectivity index (χ2n) is 6.64. The van der Waals surface area contributed by atoms with Crippen LogP contribution in [-0.2, 0) is 17.9 Å². The third-order valence-electron chi connectivity index (χ3n) is 4.64. The van der Waals surface area contributed by atoms with Crippen LogP contribution in [0.25, 0.3) is 10.9 Å². The van der Waals surface area contributed by atoms with Crippen molar-refractivity contribution in [2.24, 2.45) is 10.7 Å². The Bertz CT molecular complexity index is 956. The number of nitrogens with two attached hydrogens (primary N) is 1. The summed E-state index contributed by atoms with van der Waals surface area (Å²) < 4.78 is 5.23. The zero-order valence-corrected chi connectivity index (χ0v) is 15.8. The number of anilines is 1. The first kappa shape index (κ1) is 18.0. The number of ether oxygens (including phenoxy) is 1. The van der Waals surface area contributed by atoms with Gasteiger partial charge in [0, 0.05) is 29.4 Å². The van der Waals surface area contributed by atoms with Gasteiger partial charge in [-0.15, -0.1) is 0 Å². The van der Waals surface area contributed by atoms with Gasteiger partial charge in [-0.2, -0.15) is 0 Å². The number of H-pyrrole nitrogens is 1. The Balaban J connectivity index is 1.84. The van der Waals surface area contributed by atoms with E-state index in [-0.39, 0.29) is 0 Å². The first-order chi connectivity index (χ1) is 12.5. The summed E-state index contributed by atoms with van der Waals surface area (Å²) in [7, 11) is 1.68. The number of aromatic amines is 1. The van der Waals surface area contributed by atoms with E-state index in [4.69, 9.17) is 10.5 Å². The fraction of sp³-hybridized carbons (Fsp3) is 0.286. The number of hydrogen-bond donors (Lipinski definition) is 3. The molecule has 136 valence electrons. The molecule has 5 heteroatoms. The lowest BCUT2D eigenvalue weighted by Gasteiger charge is -2.11.